The summed E-state index contributed by atoms with van der Waals surface area (Å²) in [5, 5.41) is 7.31. The molecule has 0 aliphatic carbocycles. The third-order valence-corrected chi connectivity index (χ3v) is 6.13. The second kappa shape index (κ2) is 8.70. The molecular weight excluding hydrogens is 352 g/mol. The van der Waals surface area contributed by atoms with Crippen LogP contribution in [0.15, 0.2) is 24.3 Å². The van der Waals surface area contributed by atoms with Gasteiger partial charge in [0.2, 0.25) is 5.91 Å². The number of amides is 1. The fourth-order valence-electron chi connectivity index (χ4n) is 4.23. The van der Waals surface area contributed by atoms with Gasteiger partial charge in [-0.25, -0.2) is 0 Å². The minimum absolute atomic E-state index is 0.0103. The Hall–Kier alpha value is -1.14. The lowest BCUT2D eigenvalue weighted by molar-refractivity contribution is -0.131. The molecule has 0 atom stereocenters. The van der Waals surface area contributed by atoms with Crippen LogP contribution in [0.1, 0.15) is 31.2 Å². The second-order valence-electron chi connectivity index (χ2n) is 7.57. The van der Waals surface area contributed by atoms with E-state index in [0.717, 1.165) is 31.5 Å². The van der Waals surface area contributed by atoms with Gasteiger partial charge in [0.05, 0.1) is 12.0 Å². The molecule has 5 nitrogen and oxygen atoms in total. The lowest BCUT2D eigenvalue weighted by Gasteiger charge is -2.40. The van der Waals surface area contributed by atoms with E-state index in [4.69, 9.17) is 21.1 Å². The number of carbonyl (C=O) groups is 1. The maximum Gasteiger partial charge on any atom is 0.230 e. The van der Waals surface area contributed by atoms with Gasteiger partial charge in [-0.3, -0.25) is 4.79 Å². The number of piperidine rings is 1. The molecule has 0 bridgehead atoms. The smallest absolute Gasteiger partial charge is 0.230 e. The summed E-state index contributed by atoms with van der Waals surface area (Å²) in [6, 6.07) is 7.69. The summed E-state index contributed by atoms with van der Waals surface area (Å²) in [7, 11) is 1.73. The highest BCUT2D eigenvalue weighted by atomic mass is 35.5. The molecule has 2 aliphatic heterocycles. The molecule has 0 aromatic heterocycles. The minimum Gasteiger partial charge on any atom is -0.384 e. The van der Waals surface area contributed by atoms with Gasteiger partial charge in [0.25, 0.3) is 0 Å². The zero-order valence-corrected chi connectivity index (χ0v) is 16.2. The van der Waals surface area contributed by atoms with Crippen molar-refractivity contribution in [2.24, 2.45) is 5.41 Å². The van der Waals surface area contributed by atoms with E-state index in [2.05, 4.69) is 10.6 Å². The van der Waals surface area contributed by atoms with E-state index in [1.54, 1.807) is 7.11 Å². The zero-order valence-electron chi connectivity index (χ0n) is 15.5. The van der Waals surface area contributed by atoms with Gasteiger partial charge in [-0.15, -0.1) is 0 Å². The van der Waals surface area contributed by atoms with E-state index >= 15 is 0 Å². The first-order valence-corrected chi connectivity index (χ1v) is 9.80. The van der Waals surface area contributed by atoms with Crippen LogP contribution in [0.25, 0.3) is 0 Å². The number of carbonyl (C=O) groups excluding carboxylic acids is 1. The number of halogens is 1. The van der Waals surface area contributed by atoms with Crippen molar-refractivity contribution in [1.29, 1.82) is 0 Å². The summed E-state index contributed by atoms with van der Waals surface area (Å²) < 4.78 is 11.0. The van der Waals surface area contributed by atoms with Crippen LogP contribution in [0.2, 0.25) is 5.02 Å². The maximum absolute atomic E-state index is 13.4. The third kappa shape index (κ3) is 4.22. The Labute approximate surface area is 160 Å². The molecule has 1 aromatic rings. The van der Waals surface area contributed by atoms with E-state index in [1.165, 1.54) is 0 Å². The lowest BCUT2D eigenvalue weighted by Crippen LogP contribution is -2.53. The average Bonchev–Trinajstić information content (AvgIpc) is 2.68. The third-order valence-electron chi connectivity index (χ3n) is 5.90. The molecular formula is C20H29ClN2O3. The van der Waals surface area contributed by atoms with Gasteiger partial charge in [-0.05, 0) is 56.5 Å². The van der Waals surface area contributed by atoms with Gasteiger partial charge >= 0.3 is 0 Å². The number of benzene rings is 1. The lowest BCUT2D eigenvalue weighted by atomic mass is 9.72. The van der Waals surface area contributed by atoms with E-state index in [9.17, 15) is 4.79 Å². The summed E-state index contributed by atoms with van der Waals surface area (Å²) in [5.41, 5.74) is 0.428. The molecule has 144 valence electrons. The van der Waals surface area contributed by atoms with E-state index in [0.29, 0.717) is 44.2 Å². The van der Waals surface area contributed by atoms with Crippen LogP contribution in [0.4, 0.5) is 0 Å². The highest BCUT2D eigenvalue weighted by Gasteiger charge is 2.43. The number of hydrogen-bond donors (Lipinski definition) is 2. The van der Waals surface area contributed by atoms with Gasteiger partial charge in [-0.2, -0.15) is 0 Å². The van der Waals surface area contributed by atoms with Crippen molar-refractivity contribution in [2.45, 2.75) is 31.1 Å². The summed E-state index contributed by atoms with van der Waals surface area (Å²) in [6.07, 6.45) is 3.37. The Balaban J connectivity index is 1.77. The van der Waals surface area contributed by atoms with Gasteiger partial charge in [0.15, 0.2) is 0 Å². The Morgan fingerprint density at radius 2 is 2.00 bits per heavy atom. The molecule has 6 heteroatoms. The Morgan fingerprint density at radius 3 is 2.65 bits per heavy atom. The van der Waals surface area contributed by atoms with E-state index in [-0.39, 0.29) is 11.3 Å². The molecule has 0 unspecified atom stereocenters. The molecule has 3 rings (SSSR count). The molecule has 2 aliphatic rings. The van der Waals surface area contributed by atoms with Gasteiger partial charge in [0, 0.05) is 37.3 Å². The predicted molar refractivity (Wildman–Crippen MR) is 103 cm³/mol. The van der Waals surface area contributed by atoms with Crippen LogP contribution < -0.4 is 10.6 Å². The van der Waals surface area contributed by atoms with Gasteiger partial charge in [-0.1, -0.05) is 23.7 Å². The quantitative estimate of drug-likeness (QED) is 0.796. The Bertz CT molecular complexity index is 605. The van der Waals surface area contributed by atoms with Crippen molar-refractivity contribution in [3.05, 3.63) is 34.9 Å². The minimum atomic E-state index is -0.565. The first kappa shape index (κ1) is 19.6. The van der Waals surface area contributed by atoms with Crippen molar-refractivity contribution < 1.29 is 14.3 Å². The second-order valence-corrected chi connectivity index (χ2v) is 8.01. The van der Waals surface area contributed by atoms with Crippen LogP contribution in [-0.2, 0) is 19.7 Å². The molecule has 0 saturated carbocycles. The molecule has 2 fully saturated rings. The van der Waals surface area contributed by atoms with Crippen LogP contribution in [-0.4, -0.2) is 52.5 Å². The normalized spacial score (nSPS) is 21.9. The van der Waals surface area contributed by atoms with Crippen LogP contribution in [0.5, 0.6) is 0 Å². The zero-order chi connectivity index (χ0) is 18.5. The summed E-state index contributed by atoms with van der Waals surface area (Å²) in [6.45, 7) is 4.42. The van der Waals surface area contributed by atoms with Crippen molar-refractivity contribution in [2.75, 3.05) is 46.6 Å². The molecule has 2 N–H and O–H groups in total. The number of nitrogens with one attached hydrogen (secondary N) is 2. The summed E-state index contributed by atoms with van der Waals surface area (Å²) >= 11 is 6.21. The molecule has 1 aromatic carbocycles. The van der Waals surface area contributed by atoms with E-state index < -0.39 is 5.41 Å². The first-order chi connectivity index (χ1) is 12.6. The van der Waals surface area contributed by atoms with Crippen LogP contribution in [0, 0.1) is 5.41 Å². The van der Waals surface area contributed by atoms with Crippen molar-refractivity contribution in [3.63, 3.8) is 0 Å². The SMILES string of the molecule is COCC1(CNC(=O)C2(c3cccc(Cl)c3)CCOCC2)CCNCC1. The largest absolute Gasteiger partial charge is 0.384 e. The molecule has 0 spiro atoms. The van der Waals surface area contributed by atoms with Crippen LogP contribution in [0.3, 0.4) is 0 Å². The fourth-order valence-corrected chi connectivity index (χ4v) is 4.42. The standard InChI is InChI=1S/C20H29ClN2O3/c1-25-15-19(5-9-22-10-6-19)14-23-18(24)20(7-11-26-12-8-20)16-3-2-4-17(21)13-16/h2-4,13,22H,5-12,14-15H2,1H3,(H,23,24). The summed E-state index contributed by atoms with van der Waals surface area (Å²) in [5.74, 6) is 0.0806. The van der Waals surface area contributed by atoms with E-state index in [1.807, 2.05) is 24.3 Å². The van der Waals surface area contributed by atoms with Gasteiger partial charge in [0.1, 0.15) is 0 Å². The molecule has 0 radical (unpaired) electrons. The van der Waals surface area contributed by atoms with Crippen LogP contribution >= 0.6 is 11.6 Å². The molecule has 2 heterocycles. The molecule has 26 heavy (non-hydrogen) atoms. The first-order valence-electron chi connectivity index (χ1n) is 9.42. The number of hydrogen-bond acceptors (Lipinski definition) is 4. The summed E-state index contributed by atoms with van der Waals surface area (Å²) in [4.78, 5) is 13.4. The Morgan fingerprint density at radius 1 is 1.27 bits per heavy atom. The van der Waals surface area contributed by atoms with Crippen molar-refractivity contribution in [1.82, 2.24) is 10.6 Å². The number of ether oxygens (including phenoxy) is 2. The van der Waals surface area contributed by atoms with Crippen molar-refractivity contribution in [3.8, 4) is 0 Å². The van der Waals surface area contributed by atoms with Gasteiger partial charge < -0.3 is 20.1 Å². The Kier molecular flexibility index (Phi) is 6.56. The maximum atomic E-state index is 13.4. The monoisotopic (exact) mass is 380 g/mol. The molecule has 2 saturated heterocycles. The predicted octanol–water partition coefficient (Wildman–Crippen LogP) is 2.52. The highest BCUT2D eigenvalue weighted by Crippen LogP contribution is 2.37. The number of methoxy groups -OCH3 is 1. The topological polar surface area (TPSA) is 59.6 Å². The highest BCUT2D eigenvalue weighted by molar-refractivity contribution is 6.30. The molecule has 1 amide bonds. The average molecular weight is 381 g/mol. The number of rotatable bonds is 6. The van der Waals surface area contributed by atoms with Crippen molar-refractivity contribution >= 4 is 17.5 Å². The fraction of sp³-hybridized carbons (Fsp3) is 0.650.